The second-order valence-electron chi connectivity index (χ2n) is 5.62. The average Bonchev–Trinajstić information content (AvgIpc) is 3.05. The van der Waals surface area contributed by atoms with Crippen LogP contribution in [0.25, 0.3) is 21.7 Å². The van der Waals surface area contributed by atoms with E-state index in [0.717, 1.165) is 6.42 Å². The summed E-state index contributed by atoms with van der Waals surface area (Å²) in [6.45, 7) is 2.17. The van der Waals surface area contributed by atoms with Crippen molar-refractivity contribution in [3.05, 3.63) is 45.1 Å². The minimum Gasteiger partial charge on any atom is -0.499 e. The summed E-state index contributed by atoms with van der Waals surface area (Å²) in [6, 6.07) is 8.89. The number of hydrogen-bond acceptors (Lipinski definition) is 4. The van der Waals surface area contributed by atoms with E-state index in [1.54, 1.807) is 0 Å². The second-order valence-corrected chi connectivity index (χ2v) is 9.26. The average molecular weight is 328 g/mol. The Morgan fingerprint density at radius 2 is 2.05 bits per heavy atom. The van der Waals surface area contributed by atoms with Crippen LogP contribution in [-0.4, -0.2) is 10.4 Å². The van der Waals surface area contributed by atoms with Gasteiger partial charge in [0.15, 0.2) is 5.06 Å². The molecule has 0 radical (unpaired) electrons. The molecule has 4 heteroatoms. The molecule has 3 aromatic rings. The van der Waals surface area contributed by atoms with Crippen LogP contribution in [0.5, 0.6) is 5.06 Å². The van der Waals surface area contributed by atoms with Gasteiger partial charge in [0.1, 0.15) is 0 Å². The molecule has 21 heavy (non-hydrogen) atoms. The lowest BCUT2D eigenvalue weighted by atomic mass is 9.93. The largest absolute Gasteiger partial charge is 0.499 e. The standard InChI is InChI=1S/C17H12OS3/c1-8-2-9-3-11-12-4-10-5-17(18)21-14(10)7-16(12)20-15(11)6-13(9)19-8/h2-6,16,18H,7H2,1H3. The summed E-state index contributed by atoms with van der Waals surface area (Å²) in [5, 5.41) is 12.0. The van der Waals surface area contributed by atoms with Gasteiger partial charge in [-0.2, -0.15) is 0 Å². The molecule has 2 aliphatic rings. The number of hydrogen-bond donors (Lipinski definition) is 1. The van der Waals surface area contributed by atoms with Crippen molar-refractivity contribution < 1.29 is 5.11 Å². The van der Waals surface area contributed by atoms with E-state index >= 15 is 0 Å². The molecule has 1 nitrogen and oxygen atoms in total. The van der Waals surface area contributed by atoms with Crippen LogP contribution in [-0.2, 0) is 6.42 Å². The molecule has 1 aliphatic carbocycles. The van der Waals surface area contributed by atoms with E-state index in [1.807, 2.05) is 29.2 Å². The van der Waals surface area contributed by atoms with Gasteiger partial charge in [-0.25, -0.2) is 0 Å². The van der Waals surface area contributed by atoms with Crippen molar-refractivity contribution in [2.24, 2.45) is 0 Å². The monoisotopic (exact) mass is 328 g/mol. The SMILES string of the molecule is Cc1cc2cc3c(cc2s1)SC1Cc2sc(O)cc2C=C31. The summed E-state index contributed by atoms with van der Waals surface area (Å²) in [5.41, 5.74) is 4.04. The second kappa shape index (κ2) is 4.15. The van der Waals surface area contributed by atoms with Gasteiger partial charge >= 0.3 is 0 Å². The first kappa shape index (κ1) is 12.3. The first-order chi connectivity index (χ1) is 10.2. The van der Waals surface area contributed by atoms with Gasteiger partial charge in [0.25, 0.3) is 0 Å². The highest BCUT2D eigenvalue weighted by Gasteiger charge is 2.32. The van der Waals surface area contributed by atoms with E-state index < -0.39 is 0 Å². The molecule has 0 saturated heterocycles. The minimum atomic E-state index is 0.436. The third-order valence-corrected chi connectivity index (χ3v) is 7.47. The van der Waals surface area contributed by atoms with E-state index in [0.29, 0.717) is 10.3 Å². The molecule has 0 saturated carbocycles. The van der Waals surface area contributed by atoms with Gasteiger partial charge in [-0.05, 0) is 65.8 Å². The summed E-state index contributed by atoms with van der Waals surface area (Å²) >= 11 is 5.38. The first-order valence-corrected chi connectivity index (χ1v) is 9.43. The molecule has 0 amide bonds. The van der Waals surface area contributed by atoms with Crippen LogP contribution < -0.4 is 0 Å². The molecule has 0 fully saturated rings. The van der Waals surface area contributed by atoms with E-state index in [1.165, 1.54) is 52.8 Å². The number of thiophene rings is 2. The molecule has 5 rings (SSSR count). The number of benzene rings is 1. The Morgan fingerprint density at radius 1 is 1.14 bits per heavy atom. The lowest BCUT2D eigenvalue weighted by Crippen LogP contribution is -2.08. The topological polar surface area (TPSA) is 20.2 Å². The summed E-state index contributed by atoms with van der Waals surface area (Å²) in [5.74, 6) is 0. The summed E-state index contributed by atoms with van der Waals surface area (Å²) in [7, 11) is 0. The fourth-order valence-corrected chi connectivity index (χ4v) is 6.70. The maximum atomic E-state index is 9.71. The van der Waals surface area contributed by atoms with Crippen molar-refractivity contribution in [3.63, 3.8) is 0 Å². The number of thioether (sulfide) groups is 1. The van der Waals surface area contributed by atoms with Crippen LogP contribution >= 0.6 is 34.4 Å². The van der Waals surface area contributed by atoms with E-state index in [2.05, 4.69) is 31.2 Å². The normalized spacial score (nSPS) is 19.3. The van der Waals surface area contributed by atoms with Crippen LogP contribution in [0.3, 0.4) is 0 Å². The molecule has 0 bridgehead atoms. The molecule has 1 aliphatic heterocycles. The van der Waals surface area contributed by atoms with E-state index in [4.69, 9.17) is 0 Å². The molecule has 104 valence electrons. The number of aromatic hydroxyl groups is 1. The third-order valence-electron chi connectivity index (χ3n) is 4.18. The van der Waals surface area contributed by atoms with Crippen molar-refractivity contribution in [2.75, 3.05) is 0 Å². The molecular weight excluding hydrogens is 316 g/mol. The van der Waals surface area contributed by atoms with Crippen LogP contribution in [0.1, 0.15) is 20.9 Å². The highest BCUT2D eigenvalue weighted by atomic mass is 32.2. The number of aryl methyl sites for hydroxylation is 1. The minimum absolute atomic E-state index is 0.436. The van der Waals surface area contributed by atoms with Gasteiger partial charge in [-0.1, -0.05) is 0 Å². The molecule has 0 spiro atoms. The first-order valence-electron chi connectivity index (χ1n) is 6.92. The Bertz CT molecular complexity index is 929. The van der Waals surface area contributed by atoms with Crippen molar-refractivity contribution in [2.45, 2.75) is 23.5 Å². The summed E-state index contributed by atoms with van der Waals surface area (Å²) in [4.78, 5) is 4.11. The van der Waals surface area contributed by atoms with Crippen molar-refractivity contribution in [1.29, 1.82) is 0 Å². The third kappa shape index (κ3) is 1.76. The maximum Gasteiger partial charge on any atom is 0.171 e. The zero-order chi connectivity index (χ0) is 14.1. The smallest absolute Gasteiger partial charge is 0.171 e. The fourth-order valence-electron chi connectivity index (χ4n) is 3.28. The quantitative estimate of drug-likeness (QED) is 0.584. The van der Waals surface area contributed by atoms with Crippen molar-refractivity contribution in [1.82, 2.24) is 0 Å². The molecule has 1 atom stereocenters. The maximum absolute atomic E-state index is 9.71. The van der Waals surface area contributed by atoms with Gasteiger partial charge in [0.05, 0.1) is 0 Å². The summed E-state index contributed by atoms with van der Waals surface area (Å²) in [6.07, 6.45) is 3.32. The Balaban J connectivity index is 1.73. The predicted molar refractivity (Wildman–Crippen MR) is 93.8 cm³/mol. The summed E-state index contributed by atoms with van der Waals surface area (Å²) < 4.78 is 1.39. The lowest BCUT2D eigenvalue weighted by molar-refractivity contribution is 0.491. The van der Waals surface area contributed by atoms with E-state index in [9.17, 15) is 5.11 Å². The predicted octanol–water partition coefficient (Wildman–Crippen LogP) is 5.55. The molecular formula is C17H12OS3. The molecule has 1 N–H and O–H groups in total. The Morgan fingerprint density at radius 3 is 2.95 bits per heavy atom. The van der Waals surface area contributed by atoms with Gasteiger partial charge < -0.3 is 5.11 Å². The van der Waals surface area contributed by atoms with Crippen LogP contribution in [0.15, 0.2) is 29.2 Å². The van der Waals surface area contributed by atoms with Gasteiger partial charge in [0.2, 0.25) is 0 Å². The number of fused-ring (bicyclic) bond motifs is 5. The Kier molecular flexibility index (Phi) is 2.44. The Hall–Kier alpha value is -1.23. The molecule has 1 unspecified atom stereocenters. The molecule has 2 aromatic heterocycles. The molecule has 1 aromatic carbocycles. The fraction of sp³-hybridized carbons (Fsp3) is 0.176. The van der Waals surface area contributed by atoms with Crippen LogP contribution in [0.2, 0.25) is 0 Å². The van der Waals surface area contributed by atoms with E-state index in [-0.39, 0.29) is 0 Å². The van der Waals surface area contributed by atoms with Gasteiger partial charge in [0, 0.05) is 24.6 Å². The van der Waals surface area contributed by atoms with Crippen molar-refractivity contribution >= 4 is 56.2 Å². The van der Waals surface area contributed by atoms with Gasteiger partial charge in [-0.15, -0.1) is 34.4 Å². The number of rotatable bonds is 0. The van der Waals surface area contributed by atoms with Crippen molar-refractivity contribution in [3.8, 4) is 5.06 Å². The highest BCUT2D eigenvalue weighted by molar-refractivity contribution is 8.01. The van der Waals surface area contributed by atoms with Crippen LogP contribution in [0, 0.1) is 6.92 Å². The molecule has 3 heterocycles. The Labute approximate surface area is 134 Å². The van der Waals surface area contributed by atoms with Crippen LogP contribution in [0.4, 0.5) is 0 Å². The lowest BCUT2D eigenvalue weighted by Gasteiger charge is -2.16. The highest BCUT2D eigenvalue weighted by Crippen LogP contribution is 2.52. The zero-order valence-corrected chi connectivity index (χ0v) is 13.8. The zero-order valence-electron chi connectivity index (χ0n) is 11.3. The van der Waals surface area contributed by atoms with Gasteiger partial charge in [-0.3, -0.25) is 0 Å².